The lowest BCUT2D eigenvalue weighted by molar-refractivity contribution is -0.150. The number of benzene rings is 1. The van der Waals surface area contributed by atoms with Gasteiger partial charge in [-0.1, -0.05) is 12.1 Å². The van der Waals surface area contributed by atoms with Crippen molar-refractivity contribution in [2.75, 3.05) is 13.2 Å². The average Bonchev–Trinajstić information content (AvgIpc) is 3.03. The van der Waals surface area contributed by atoms with Gasteiger partial charge in [0.1, 0.15) is 11.8 Å². The summed E-state index contributed by atoms with van der Waals surface area (Å²) >= 11 is 0. The molecule has 2 aliphatic rings. The topological polar surface area (TPSA) is 62.6 Å². The number of fused-ring (bicyclic) bond motifs is 1. The molecule has 1 saturated heterocycles. The molecule has 116 valence electrons. The average molecular weight is 300 g/mol. The molecule has 1 amide bonds. The Morgan fingerprint density at radius 2 is 2.27 bits per heavy atom. The van der Waals surface area contributed by atoms with Gasteiger partial charge in [-0.25, -0.2) is 0 Å². The Bertz CT molecular complexity index is 596. The molecule has 1 saturated carbocycles. The van der Waals surface area contributed by atoms with E-state index in [9.17, 15) is 4.79 Å². The van der Waals surface area contributed by atoms with Gasteiger partial charge in [0.2, 0.25) is 0 Å². The van der Waals surface area contributed by atoms with Gasteiger partial charge in [-0.2, -0.15) is 5.26 Å². The molecule has 0 unspecified atom stereocenters. The molecule has 0 bridgehead atoms. The van der Waals surface area contributed by atoms with Crippen molar-refractivity contribution in [2.24, 2.45) is 0 Å². The molecule has 1 aromatic rings. The molecule has 3 atom stereocenters. The van der Waals surface area contributed by atoms with Gasteiger partial charge in [-0.05, 0) is 38.3 Å². The van der Waals surface area contributed by atoms with Gasteiger partial charge in [0.15, 0.2) is 6.10 Å². The fourth-order valence-electron chi connectivity index (χ4n) is 3.34. The van der Waals surface area contributed by atoms with Crippen LogP contribution in [0.2, 0.25) is 0 Å². The van der Waals surface area contributed by atoms with Gasteiger partial charge in [0, 0.05) is 6.54 Å². The second-order valence-corrected chi connectivity index (χ2v) is 5.81. The summed E-state index contributed by atoms with van der Waals surface area (Å²) in [6.07, 6.45) is 2.70. The maximum absolute atomic E-state index is 12.7. The molecule has 0 radical (unpaired) electrons. The predicted molar refractivity (Wildman–Crippen MR) is 80.3 cm³/mol. The van der Waals surface area contributed by atoms with Crippen LogP contribution < -0.4 is 4.74 Å². The maximum Gasteiger partial charge on any atom is 0.263 e. The van der Waals surface area contributed by atoms with Crippen LogP contribution in [0.4, 0.5) is 0 Å². The third-order valence-electron chi connectivity index (χ3n) is 4.42. The summed E-state index contributed by atoms with van der Waals surface area (Å²) in [5, 5.41) is 9.10. The molecule has 1 aromatic carbocycles. The Labute approximate surface area is 130 Å². The Balaban J connectivity index is 1.70. The highest BCUT2D eigenvalue weighted by Gasteiger charge is 2.40. The van der Waals surface area contributed by atoms with Crippen molar-refractivity contribution in [1.29, 1.82) is 5.26 Å². The quantitative estimate of drug-likeness (QED) is 0.857. The number of ether oxygens (including phenoxy) is 2. The third-order valence-corrected chi connectivity index (χ3v) is 4.42. The number of nitriles is 1. The number of hydrogen-bond acceptors (Lipinski definition) is 4. The smallest absolute Gasteiger partial charge is 0.263 e. The van der Waals surface area contributed by atoms with Crippen LogP contribution >= 0.6 is 0 Å². The van der Waals surface area contributed by atoms with Gasteiger partial charge < -0.3 is 14.4 Å². The summed E-state index contributed by atoms with van der Waals surface area (Å²) in [5.41, 5.74) is 0.447. The van der Waals surface area contributed by atoms with E-state index >= 15 is 0 Å². The molecule has 1 aliphatic heterocycles. The van der Waals surface area contributed by atoms with E-state index in [4.69, 9.17) is 14.7 Å². The van der Waals surface area contributed by atoms with Gasteiger partial charge in [-0.15, -0.1) is 0 Å². The van der Waals surface area contributed by atoms with Crippen molar-refractivity contribution in [3.63, 3.8) is 0 Å². The third kappa shape index (κ3) is 2.79. The summed E-state index contributed by atoms with van der Waals surface area (Å²) in [6, 6.07) is 9.26. The first kappa shape index (κ1) is 14.9. The summed E-state index contributed by atoms with van der Waals surface area (Å²) in [5.74, 6) is 0.440. The lowest BCUT2D eigenvalue weighted by atomic mass is 10.1. The van der Waals surface area contributed by atoms with Crippen molar-refractivity contribution in [2.45, 2.75) is 44.4 Å². The SMILES string of the molecule is C[C@H](Oc1ccccc1C#N)C(=O)N1CCO[C@@H]2CCC[C@@H]21. The number of morpholine rings is 1. The molecule has 5 heteroatoms. The summed E-state index contributed by atoms with van der Waals surface area (Å²) in [6.45, 7) is 2.96. The van der Waals surface area contributed by atoms with E-state index in [-0.39, 0.29) is 18.1 Å². The highest BCUT2D eigenvalue weighted by atomic mass is 16.5. The van der Waals surface area contributed by atoms with Crippen molar-refractivity contribution in [3.05, 3.63) is 29.8 Å². The van der Waals surface area contributed by atoms with E-state index < -0.39 is 6.10 Å². The first-order valence-electron chi connectivity index (χ1n) is 7.78. The minimum Gasteiger partial charge on any atom is -0.480 e. The molecule has 0 spiro atoms. The zero-order chi connectivity index (χ0) is 15.5. The van der Waals surface area contributed by atoms with Crippen molar-refractivity contribution < 1.29 is 14.3 Å². The molecule has 22 heavy (non-hydrogen) atoms. The normalized spacial score (nSPS) is 25.2. The van der Waals surface area contributed by atoms with Crippen LogP contribution in [0, 0.1) is 11.3 Å². The van der Waals surface area contributed by atoms with Crippen molar-refractivity contribution in [3.8, 4) is 11.8 Å². The number of amides is 1. The standard InChI is InChI=1S/C17H20N2O3/c1-12(22-15-7-3-2-5-13(15)11-18)17(20)19-9-10-21-16-8-4-6-14(16)19/h2-3,5,7,12,14,16H,4,6,8-10H2,1H3/t12-,14-,16+/m0/s1. The lowest BCUT2D eigenvalue weighted by Gasteiger charge is -2.38. The van der Waals surface area contributed by atoms with E-state index in [1.54, 1.807) is 31.2 Å². The van der Waals surface area contributed by atoms with Crippen LogP contribution in [0.1, 0.15) is 31.7 Å². The molecular formula is C17H20N2O3. The Morgan fingerprint density at radius 1 is 1.45 bits per heavy atom. The van der Waals surface area contributed by atoms with E-state index in [0.29, 0.717) is 24.5 Å². The highest BCUT2D eigenvalue weighted by molar-refractivity contribution is 5.81. The first-order valence-corrected chi connectivity index (χ1v) is 7.78. The van der Waals surface area contributed by atoms with Gasteiger partial charge in [0.05, 0.1) is 24.3 Å². The highest BCUT2D eigenvalue weighted by Crippen LogP contribution is 2.30. The van der Waals surface area contributed by atoms with Crippen LogP contribution in [0.5, 0.6) is 5.75 Å². The van der Waals surface area contributed by atoms with Crippen molar-refractivity contribution in [1.82, 2.24) is 4.90 Å². The van der Waals surface area contributed by atoms with Gasteiger partial charge >= 0.3 is 0 Å². The molecule has 1 heterocycles. The molecule has 0 aromatic heterocycles. The molecule has 1 aliphatic carbocycles. The second-order valence-electron chi connectivity index (χ2n) is 5.81. The molecule has 2 fully saturated rings. The Morgan fingerprint density at radius 3 is 3.09 bits per heavy atom. The van der Waals surface area contributed by atoms with Crippen LogP contribution in [-0.4, -0.2) is 42.2 Å². The van der Waals surface area contributed by atoms with E-state index in [1.165, 1.54) is 0 Å². The fraction of sp³-hybridized carbons (Fsp3) is 0.529. The zero-order valence-electron chi connectivity index (χ0n) is 12.7. The van der Waals surface area contributed by atoms with Crippen LogP contribution in [0.25, 0.3) is 0 Å². The number of carbonyl (C=O) groups excluding carboxylic acids is 1. The van der Waals surface area contributed by atoms with Crippen LogP contribution in [-0.2, 0) is 9.53 Å². The fourth-order valence-corrected chi connectivity index (χ4v) is 3.34. The number of para-hydroxylation sites is 1. The minimum atomic E-state index is -0.603. The largest absolute Gasteiger partial charge is 0.480 e. The summed E-state index contributed by atoms with van der Waals surface area (Å²) in [4.78, 5) is 14.6. The predicted octanol–water partition coefficient (Wildman–Crippen LogP) is 2.11. The van der Waals surface area contributed by atoms with E-state index in [0.717, 1.165) is 19.3 Å². The van der Waals surface area contributed by atoms with E-state index in [1.807, 2.05) is 4.90 Å². The Kier molecular flexibility index (Phi) is 4.30. The molecule has 5 nitrogen and oxygen atoms in total. The van der Waals surface area contributed by atoms with E-state index in [2.05, 4.69) is 6.07 Å². The number of hydrogen-bond donors (Lipinski definition) is 0. The zero-order valence-corrected chi connectivity index (χ0v) is 12.7. The summed E-state index contributed by atoms with van der Waals surface area (Å²) in [7, 11) is 0. The van der Waals surface area contributed by atoms with Gasteiger partial charge in [0.25, 0.3) is 5.91 Å². The van der Waals surface area contributed by atoms with Gasteiger partial charge in [-0.3, -0.25) is 4.79 Å². The van der Waals surface area contributed by atoms with Crippen LogP contribution in [0.15, 0.2) is 24.3 Å². The maximum atomic E-state index is 12.7. The first-order chi connectivity index (χ1) is 10.7. The lowest BCUT2D eigenvalue weighted by Crippen LogP contribution is -2.54. The van der Waals surface area contributed by atoms with Crippen LogP contribution in [0.3, 0.4) is 0 Å². The summed E-state index contributed by atoms with van der Waals surface area (Å²) < 4.78 is 11.5. The molecular weight excluding hydrogens is 280 g/mol. The number of rotatable bonds is 3. The van der Waals surface area contributed by atoms with Crippen molar-refractivity contribution >= 4 is 5.91 Å². The number of nitrogens with zero attached hydrogens (tertiary/aromatic N) is 2. The monoisotopic (exact) mass is 300 g/mol. The molecule has 3 rings (SSSR count). The molecule has 0 N–H and O–H groups in total. The Hall–Kier alpha value is -2.06. The second kappa shape index (κ2) is 6.37. The minimum absolute atomic E-state index is 0.0204. The number of carbonyl (C=O) groups is 1.